The first-order valence-corrected chi connectivity index (χ1v) is 13.4. The molecular weight excluding hydrogens is 536 g/mol. The lowest BCUT2D eigenvalue weighted by Crippen LogP contribution is -2.53. The Morgan fingerprint density at radius 2 is 1.41 bits per heavy atom. The summed E-state index contributed by atoms with van der Waals surface area (Å²) >= 11 is 0. The lowest BCUT2D eigenvalue weighted by molar-refractivity contribution is -0.161. The number of imide groups is 1. The molecule has 41 heavy (non-hydrogen) atoms. The summed E-state index contributed by atoms with van der Waals surface area (Å²) < 4.78 is 21.8. The van der Waals surface area contributed by atoms with Gasteiger partial charge in [-0.05, 0) is 87.3 Å². The molecule has 0 fully saturated rings. The number of rotatable bonds is 8. The van der Waals surface area contributed by atoms with Crippen molar-refractivity contribution in [1.82, 2.24) is 4.90 Å². The van der Waals surface area contributed by atoms with E-state index in [4.69, 9.17) is 24.1 Å². The summed E-state index contributed by atoms with van der Waals surface area (Å²) in [6.45, 7) is 14.4. The summed E-state index contributed by atoms with van der Waals surface area (Å²) in [5.41, 5.74) is -1.69. The number of fused-ring (bicyclic) bond motifs is 1. The van der Waals surface area contributed by atoms with E-state index in [2.05, 4.69) is 0 Å². The number of aliphatic carboxylic acids is 1. The minimum absolute atomic E-state index is 0.231. The third-order valence-electron chi connectivity index (χ3n) is 5.44. The molecule has 0 bridgehead atoms. The largest absolute Gasteiger partial charge is 0.482 e. The maximum Gasteiger partial charge on any atom is 0.420 e. The van der Waals surface area contributed by atoms with Crippen LogP contribution in [0.1, 0.15) is 80.7 Å². The Morgan fingerprint density at radius 1 is 0.878 bits per heavy atom. The monoisotopic (exact) mass is 578 g/mol. The van der Waals surface area contributed by atoms with Gasteiger partial charge in [-0.1, -0.05) is 6.07 Å². The summed E-state index contributed by atoms with van der Waals surface area (Å²) in [6, 6.07) is 3.48. The van der Waals surface area contributed by atoms with Crippen molar-refractivity contribution in [3.63, 3.8) is 0 Å². The Labute approximate surface area is 240 Å². The second-order valence-electron chi connectivity index (χ2n) is 12.7. The lowest BCUT2D eigenvalue weighted by atomic mass is 10.1. The van der Waals surface area contributed by atoms with E-state index in [1.165, 1.54) is 4.90 Å². The van der Waals surface area contributed by atoms with Gasteiger partial charge in [0.1, 0.15) is 28.6 Å². The van der Waals surface area contributed by atoms with Crippen LogP contribution in [-0.4, -0.2) is 76.0 Å². The molecule has 0 radical (unpaired) electrons. The highest BCUT2D eigenvalue weighted by molar-refractivity contribution is 5.97. The number of esters is 1. The van der Waals surface area contributed by atoms with Gasteiger partial charge in [0.2, 0.25) is 5.91 Å². The molecule has 1 aliphatic heterocycles. The Hall–Kier alpha value is -3.83. The number of benzene rings is 1. The maximum absolute atomic E-state index is 13.4. The molecule has 0 spiro atoms. The quantitative estimate of drug-likeness (QED) is 0.340. The molecule has 1 heterocycles. The van der Waals surface area contributed by atoms with E-state index in [0.29, 0.717) is 34.9 Å². The number of anilines is 1. The van der Waals surface area contributed by atoms with Gasteiger partial charge in [-0.2, -0.15) is 4.90 Å². The van der Waals surface area contributed by atoms with E-state index < -0.39 is 53.6 Å². The summed E-state index contributed by atoms with van der Waals surface area (Å²) in [4.78, 5) is 66.3. The predicted octanol–water partition coefficient (Wildman–Crippen LogP) is 4.70. The molecule has 0 aromatic heterocycles. The number of hydrogen-bond acceptors (Lipinski definition) is 9. The fraction of sp³-hybridized carbons (Fsp3) is 0.621. The standard InChI is InChI=1S/C29H42N2O10/c1-27(2,3)39-24(35)20(31(25(36)40-28(4,5)6)26(37)41-29(7,8)9)13-14-22(32)30-16-15-18-19(30)11-10-12-21(18)38-17-23(33)34/h10-12,20H,13-17H2,1-9H3,(H,33,34)/t20-/m0/s1. The van der Waals surface area contributed by atoms with E-state index in [0.717, 1.165) is 0 Å². The molecule has 1 N–H and O–H groups in total. The normalized spacial score (nSPS) is 14.0. The molecule has 3 amide bonds. The van der Waals surface area contributed by atoms with Crippen LogP contribution in [0.5, 0.6) is 5.75 Å². The molecule has 1 atom stereocenters. The first-order chi connectivity index (χ1) is 18.7. The van der Waals surface area contributed by atoms with E-state index in [1.807, 2.05) is 0 Å². The summed E-state index contributed by atoms with van der Waals surface area (Å²) in [7, 11) is 0. The van der Waals surface area contributed by atoms with Crippen LogP contribution < -0.4 is 9.64 Å². The second-order valence-corrected chi connectivity index (χ2v) is 12.7. The predicted molar refractivity (Wildman–Crippen MR) is 149 cm³/mol. The molecular formula is C29H42N2O10. The zero-order valence-electron chi connectivity index (χ0n) is 25.4. The maximum atomic E-state index is 13.4. The van der Waals surface area contributed by atoms with Crippen LogP contribution in [0.4, 0.5) is 15.3 Å². The molecule has 12 heteroatoms. The first kappa shape index (κ1) is 33.4. The van der Waals surface area contributed by atoms with Gasteiger partial charge in [0.15, 0.2) is 6.61 Å². The van der Waals surface area contributed by atoms with Crippen molar-refractivity contribution in [3.8, 4) is 5.75 Å². The molecule has 0 saturated heterocycles. The fourth-order valence-corrected chi connectivity index (χ4v) is 4.00. The second kappa shape index (κ2) is 12.8. The van der Waals surface area contributed by atoms with Gasteiger partial charge in [-0.25, -0.2) is 19.2 Å². The Bertz CT molecular complexity index is 1130. The number of carbonyl (C=O) groups excluding carboxylic acids is 4. The zero-order valence-corrected chi connectivity index (χ0v) is 25.4. The van der Waals surface area contributed by atoms with E-state index in [9.17, 15) is 24.0 Å². The third kappa shape index (κ3) is 10.3. The Kier molecular flexibility index (Phi) is 10.4. The number of nitrogens with zero attached hydrogens (tertiary/aromatic N) is 2. The number of ether oxygens (including phenoxy) is 4. The number of amides is 3. The van der Waals surface area contributed by atoms with Crippen molar-refractivity contribution in [2.24, 2.45) is 0 Å². The SMILES string of the molecule is CC(C)(C)OC(=O)[C@H](CCC(=O)N1CCc2c(OCC(=O)O)cccc21)N(C(=O)OC(C)(C)C)C(=O)OC(C)(C)C. The molecule has 1 aromatic carbocycles. The van der Waals surface area contributed by atoms with E-state index in [-0.39, 0.29) is 18.7 Å². The number of carbonyl (C=O) groups is 5. The highest BCUT2D eigenvalue weighted by Crippen LogP contribution is 2.36. The number of hydrogen-bond donors (Lipinski definition) is 1. The molecule has 0 aliphatic carbocycles. The Balaban J connectivity index is 2.38. The van der Waals surface area contributed by atoms with Gasteiger partial charge in [0, 0.05) is 18.5 Å². The number of carboxylic acids is 1. The average Bonchev–Trinajstić information content (AvgIpc) is 3.21. The third-order valence-corrected chi connectivity index (χ3v) is 5.44. The number of carboxylic acid groups (broad SMARTS) is 1. The van der Waals surface area contributed by atoms with E-state index >= 15 is 0 Å². The molecule has 12 nitrogen and oxygen atoms in total. The topological polar surface area (TPSA) is 149 Å². The van der Waals surface area contributed by atoms with Gasteiger partial charge < -0.3 is 29.0 Å². The van der Waals surface area contributed by atoms with Crippen molar-refractivity contribution in [2.45, 2.75) is 104 Å². The summed E-state index contributed by atoms with van der Waals surface area (Å²) in [6.07, 6.45) is -2.27. The molecule has 0 unspecified atom stereocenters. The van der Waals surface area contributed by atoms with Crippen molar-refractivity contribution in [3.05, 3.63) is 23.8 Å². The average molecular weight is 579 g/mol. The van der Waals surface area contributed by atoms with Gasteiger partial charge in [-0.3, -0.25) is 4.79 Å². The molecule has 1 aromatic rings. The van der Waals surface area contributed by atoms with Crippen molar-refractivity contribution < 1.29 is 48.0 Å². The van der Waals surface area contributed by atoms with Gasteiger partial charge in [0.25, 0.3) is 0 Å². The van der Waals surface area contributed by atoms with E-state index in [1.54, 1.807) is 80.5 Å². The van der Waals surface area contributed by atoms with Crippen LogP contribution in [0, 0.1) is 0 Å². The Morgan fingerprint density at radius 3 is 1.90 bits per heavy atom. The highest BCUT2D eigenvalue weighted by Gasteiger charge is 2.42. The lowest BCUT2D eigenvalue weighted by Gasteiger charge is -2.33. The minimum Gasteiger partial charge on any atom is -0.482 e. The van der Waals surface area contributed by atoms with Gasteiger partial charge in [-0.15, -0.1) is 0 Å². The van der Waals surface area contributed by atoms with Crippen LogP contribution in [0.2, 0.25) is 0 Å². The summed E-state index contributed by atoms with van der Waals surface area (Å²) in [5.74, 6) is -2.02. The van der Waals surface area contributed by atoms with Crippen LogP contribution in [0.25, 0.3) is 0 Å². The van der Waals surface area contributed by atoms with Crippen LogP contribution in [0.15, 0.2) is 18.2 Å². The first-order valence-electron chi connectivity index (χ1n) is 13.4. The van der Waals surface area contributed by atoms with Crippen LogP contribution in [0.3, 0.4) is 0 Å². The smallest absolute Gasteiger partial charge is 0.420 e. The van der Waals surface area contributed by atoms with Crippen molar-refractivity contribution in [1.29, 1.82) is 0 Å². The molecule has 0 saturated carbocycles. The van der Waals surface area contributed by atoms with Gasteiger partial charge in [0.05, 0.1) is 5.69 Å². The highest BCUT2D eigenvalue weighted by atomic mass is 16.6. The minimum atomic E-state index is -1.52. The van der Waals surface area contributed by atoms with Crippen LogP contribution >= 0.6 is 0 Å². The molecule has 2 rings (SSSR count). The van der Waals surface area contributed by atoms with Crippen LogP contribution in [-0.2, 0) is 35.0 Å². The van der Waals surface area contributed by atoms with Gasteiger partial charge >= 0.3 is 24.1 Å². The molecule has 1 aliphatic rings. The van der Waals surface area contributed by atoms with Crippen molar-refractivity contribution in [2.75, 3.05) is 18.1 Å². The zero-order chi connectivity index (χ0) is 31.3. The summed E-state index contributed by atoms with van der Waals surface area (Å²) in [5, 5.41) is 8.95. The molecule has 228 valence electrons. The van der Waals surface area contributed by atoms with Crippen molar-refractivity contribution >= 4 is 35.7 Å². The fourth-order valence-electron chi connectivity index (χ4n) is 4.00.